The van der Waals surface area contributed by atoms with Gasteiger partial charge in [0.2, 0.25) is 5.13 Å². The number of nitrogens with zero attached hydrogens (tertiary/aromatic N) is 2. The zero-order chi connectivity index (χ0) is 13.8. The van der Waals surface area contributed by atoms with Crippen molar-refractivity contribution >= 4 is 67.4 Å². The molecule has 0 fully saturated rings. The second-order valence-electron chi connectivity index (χ2n) is 3.30. The summed E-state index contributed by atoms with van der Waals surface area (Å²) in [5.74, 6) is -0.920. The molecule has 1 heterocycles. The molecule has 0 amide bonds. The van der Waals surface area contributed by atoms with E-state index in [9.17, 15) is 4.79 Å². The molecule has 0 aliphatic rings. The molecule has 2 aromatic rings. The average Bonchev–Trinajstić information content (AvgIpc) is 2.79. The Balaban J connectivity index is 2.07. The fourth-order valence-electron chi connectivity index (χ4n) is 1.15. The fourth-order valence-corrected chi connectivity index (χ4v) is 3.16. The van der Waals surface area contributed by atoms with Gasteiger partial charge in [-0.05, 0) is 18.2 Å². The molecule has 19 heavy (non-hydrogen) atoms. The van der Waals surface area contributed by atoms with Crippen molar-refractivity contribution in [3.8, 4) is 0 Å². The zero-order valence-electron chi connectivity index (χ0n) is 9.26. The van der Waals surface area contributed by atoms with Crippen LogP contribution < -0.4 is 5.32 Å². The number of hydrogen-bond acceptors (Lipinski definition) is 6. The van der Waals surface area contributed by atoms with Gasteiger partial charge in [-0.15, -0.1) is 10.2 Å². The van der Waals surface area contributed by atoms with Gasteiger partial charge >= 0.3 is 5.97 Å². The van der Waals surface area contributed by atoms with Gasteiger partial charge in [-0.1, -0.05) is 50.6 Å². The van der Waals surface area contributed by atoms with Gasteiger partial charge in [0, 0.05) is 4.47 Å². The smallest absolute Gasteiger partial charge is 0.313 e. The van der Waals surface area contributed by atoms with Crippen molar-refractivity contribution in [2.75, 3.05) is 11.1 Å². The predicted molar refractivity (Wildman–Crippen MR) is 80.7 cm³/mol. The summed E-state index contributed by atoms with van der Waals surface area (Å²) in [7, 11) is 0. The summed E-state index contributed by atoms with van der Waals surface area (Å²) in [5, 5.41) is 20.6. The normalized spacial score (nSPS) is 10.4. The highest BCUT2D eigenvalue weighted by atomic mass is 79.9. The molecule has 0 radical (unpaired) electrons. The van der Waals surface area contributed by atoms with Crippen LogP contribution in [0.15, 0.2) is 27.0 Å². The summed E-state index contributed by atoms with van der Waals surface area (Å²) in [6, 6.07) is 5.42. The molecular formula is C10H7BrClN3O2S2. The van der Waals surface area contributed by atoms with Crippen molar-refractivity contribution in [2.45, 2.75) is 4.34 Å². The first-order valence-corrected chi connectivity index (χ1v) is 7.92. The molecule has 5 nitrogen and oxygen atoms in total. The number of carbonyl (C=O) groups is 1. The first kappa shape index (κ1) is 14.6. The number of rotatable bonds is 5. The second kappa shape index (κ2) is 6.56. The second-order valence-corrected chi connectivity index (χ2v) is 6.83. The summed E-state index contributed by atoms with van der Waals surface area (Å²) >= 11 is 11.8. The zero-order valence-corrected chi connectivity index (χ0v) is 13.2. The summed E-state index contributed by atoms with van der Waals surface area (Å²) in [6.07, 6.45) is 0. The van der Waals surface area contributed by atoms with Crippen LogP contribution in [-0.2, 0) is 4.79 Å². The average molecular weight is 381 g/mol. The van der Waals surface area contributed by atoms with Crippen molar-refractivity contribution in [3.63, 3.8) is 0 Å². The van der Waals surface area contributed by atoms with Crippen molar-refractivity contribution in [1.82, 2.24) is 10.2 Å². The van der Waals surface area contributed by atoms with E-state index in [1.54, 1.807) is 6.07 Å². The van der Waals surface area contributed by atoms with E-state index in [-0.39, 0.29) is 5.75 Å². The summed E-state index contributed by atoms with van der Waals surface area (Å²) in [6.45, 7) is 0. The molecule has 1 aromatic heterocycles. The Morgan fingerprint density at radius 2 is 2.32 bits per heavy atom. The lowest BCUT2D eigenvalue weighted by Crippen LogP contribution is -1.96. The fraction of sp³-hybridized carbons (Fsp3) is 0.100. The number of benzene rings is 1. The van der Waals surface area contributed by atoms with Gasteiger partial charge in [0.1, 0.15) is 0 Å². The Morgan fingerprint density at radius 1 is 1.53 bits per heavy atom. The maximum atomic E-state index is 10.4. The van der Waals surface area contributed by atoms with Gasteiger partial charge < -0.3 is 10.4 Å². The number of aromatic nitrogens is 2. The van der Waals surface area contributed by atoms with E-state index < -0.39 is 5.97 Å². The quantitative estimate of drug-likeness (QED) is 0.767. The molecule has 0 saturated heterocycles. The van der Waals surface area contributed by atoms with Crippen LogP contribution in [-0.4, -0.2) is 27.0 Å². The minimum Gasteiger partial charge on any atom is -0.481 e. The molecule has 0 bridgehead atoms. The first-order valence-electron chi connectivity index (χ1n) is 4.95. The van der Waals surface area contributed by atoms with Crippen LogP contribution in [0.25, 0.3) is 0 Å². The molecule has 0 aliphatic heterocycles. The van der Waals surface area contributed by atoms with Crippen LogP contribution in [0.1, 0.15) is 0 Å². The van der Waals surface area contributed by atoms with Crippen LogP contribution in [0.3, 0.4) is 0 Å². The van der Waals surface area contributed by atoms with E-state index in [1.807, 2.05) is 12.1 Å². The van der Waals surface area contributed by atoms with Crippen LogP contribution in [0.5, 0.6) is 0 Å². The number of hydrogen-bond donors (Lipinski definition) is 2. The maximum absolute atomic E-state index is 10.4. The monoisotopic (exact) mass is 379 g/mol. The lowest BCUT2D eigenvalue weighted by atomic mass is 10.3. The number of nitrogens with one attached hydrogen (secondary N) is 1. The molecule has 0 aliphatic carbocycles. The molecular weight excluding hydrogens is 374 g/mol. The highest BCUT2D eigenvalue weighted by molar-refractivity contribution is 9.10. The van der Waals surface area contributed by atoms with Gasteiger partial charge in [-0.2, -0.15) is 0 Å². The van der Waals surface area contributed by atoms with Crippen LogP contribution in [0.4, 0.5) is 10.8 Å². The highest BCUT2D eigenvalue weighted by Gasteiger charge is 2.09. The summed E-state index contributed by atoms with van der Waals surface area (Å²) in [5.41, 5.74) is 0.710. The van der Waals surface area contributed by atoms with Gasteiger partial charge in [0.25, 0.3) is 0 Å². The molecule has 100 valence electrons. The van der Waals surface area contributed by atoms with E-state index >= 15 is 0 Å². The van der Waals surface area contributed by atoms with Crippen molar-refractivity contribution in [2.24, 2.45) is 0 Å². The molecule has 0 unspecified atom stereocenters. The first-order chi connectivity index (χ1) is 9.04. The third-order valence-corrected chi connectivity index (χ3v) is 4.68. The molecule has 1 aromatic carbocycles. The molecule has 9 heteroatoms. The number of carboxylic acid groups (broad SMARTS) is 1. The van der Waals surface area contributed by atoms with Crippen molar-refractivity contribution < 1.29 is 9.90 Å². The van der Waals surface area contributed by atoms with Gasteiger partial charge in [0.15, 0.2) is 4.34 Å². The van der Waals surface area contributed by atoms with Gasteiger partial charge in [-0.25, -0.2) is 0 Å². The molecule has 2 rings (SSSR count). The Kier molecular flexibility index (Phi) is 5.03. The number of thioether (sulfide) groups is 1. The minimum atomic E-state index is -0.884. The van der Waals surface area contributed by atoms with E-state index in [2.05, 4.69) is 31.4 Å². The highest BCUT2D eigenvalue weighted by Crippen LogP contribution is 2.31. The Bertz CT molecular complexity index is 608. The number of aliphatic carboxylic acids is 1. The van der Waals surface area contributed by atoms with E-state index in [1.165, 1.54) is 11.3 Å². The molecule has 0 saturated carbocycles. The van der Waals surface area contributed by atoms with Crippen molar-refractivity contribution in [1.29, 1.82) is 0 Å². The van der Waals surface area contributed by atoms with E-state index in [0.717, 1.165) is 16.2 Å². The van der Waals surface area contributed by atoms with Gasteiger partial charge in [0.05, 0.1) is 16.5 Å². The molecule has 0 spiro atoms. The Morgan fingerprint density at radius 3 is 3.05 bits per heavy atom. The number of anilines is 2. The Hall–Kier alpha value is -0.830. The van der Waals surface area contributed by atoms with Crippen molar-refractivity contribution in [3.05, 3.63) is 27.7 Å². The lowest BCUT2D eigenvalue weighted by Gasteiger charge is -2.04. The van der Waals surface area contributed by atoms with Crippen LogP contribution in [0, 0.1) is 0 Å². The maximum Gasteiger partial charge on any atom is 0.313 e. The largest absolute Gasteiger partial charge is 0.481 e. The van der Waals surface area contributed by atoms with E-state index in [0.29, 0.717) is 20.2 Å². The number of halogens is 2. The molecule has 2 N–H and O–H groups in total. The summed E-state index contributed by atoms with van der Waals surface area (Å²) < 4.78 is 1.49. The molecule has 0 atom stereocenters. The third-order valence-electron chi connectivity index (χ3n) is 1.90. The SMILES string of the molecule is O=C(O)CSc1nnc(Nc2cc(Br)ccc2Cl)s1. The topological polar surface area (TPSA) is 75.1 Å². The predicted octanol–water partition coefficient (Wildman–Crippen LogP) is 3.87. The number of carboxylic acids is 1. The standard InChI is InChI=1S/C10H7BrClN3O2S2/c11-5-1-2-6(12)7(3-5)13-9-14-15-10(19-9)18-4-8(16)17/h1-3H,4H2,(H,13,14)(H,16,17). The van der Waals surface area contributed by atoms with Crippen LogP contribution >= 0.6 is 50.6 Å². The third kappa shape index (κ3) is 4.34. The van der Waals surface area contributed by atoms with Gasteiger partial charge in [-0.3, -0.25) is 4.79 Å². The van der Waals surface area contributed by atoms with Crippen LogP contribution in [0.2, 0.25) is 5.02 Å². The Labute approximate surface area is 130 Å². The minimum absolute atomic E-state index is 0.0354. The van der Waals surface area contributed by atoms with E-state index in [4.69, 9.17) is 16.7 Å². The lowest BCUT2D eigenvalue weighted by molar-refractivity contribution is -0.133. The summed E-state index contributed by atoms with van der Waals surface area (Å²) in [4.78, 5) is 10.4.